The van der Waals surface area contributed by atoms with Gasteiger partial charge in [0.15, 0.2) is 8.32 Å². The van der Waals surface area contributed by atoms with Crippen molar-refractivity contribution < 1.29 is 4.43 Å². The first-order valence-electron chi connectivity index (χ1n) is 9.71. The second-order valence-corrected chi connectivity index (χ2v) is 15.6. The number of fused-ring (bicyclic) bond motifs is 1. The van der Waals surface area contributed by atoms with Crippen LogP contribution in [0.1, 0.15) is 52.9 Å². The van der Waals surface area contributed by atoms with Crippen molar-refractivity contribution in [3.8, 4) is 0 Å². The van der Waals surface area contributed by atoms with E-state index >= 15 is 0 Å². The summed E-state index contributed by atoms with van der Waals surface area (Å²) in [5, 5.41) is 1.84. The molecule has 2 aliphatic carbocycles. The first-order valence-corrected chi connectivity index (χ1v) is 13.8. The maximum absolute atomic E-state index is 7.10. The molecule has 1 aromatic carbocycles. The molecule has 0 amide bonds. The normalized spacial score (nSPS) is 30.5. The lowest BCUT2D eigenvalue weighted by Gasteiger charge is -2.45. The van der Waals surface area contributed by atoms with E-state index in [2.05, 4.69) is 64.2 Å². The molecule has 2 aliphatic rings. The second kappa shape index (κ2) is 6.73. The van der Waals surface area contributed by atoms with Gasteiger partial charge in [-0.15, -0.1) is 0 Å². The van der Waals surface area contributed by atoms with Crippen molar-refractivity contribution in [3.05, 3.63) is 30.3 Å². The van der Waals surface area contributed by atoms with Crippen molar-refractivity contribution >= 4 is 23.0 Å². The molecule has 0 aromatic heterocycles. The van der Waals surface area contributed by atoms with E-state index < -0.39 is 8.32 Å². The predicted molar refractivity (Wildman–Crippen MR) is 108 cm³/mol. The highest BCUT2D eigenvalue weighted by Gasteiger charge is 2.54. The summed E-state index contributed by atoms with van der Waals surface area (Å²) in [5.41, 5.74) is 0.231. The van der Waals surface area contributed by atoms with E-state index in [0.29, 0.717) is 5.04 Å². The van der Waals surface area contributed by atoms with E-state index in [4.69, 9.17) is 4.43 Å². The van der Waals surface area contributed by atoms with Crippen LogP contribution in [-0.4, -0.2) is 23.4 Å². The standard InChI is InChI=1S/C21H34OSi2/c1-20(2,3)24(4,5)22-21-13-9-10-18(21)14-17(15-21)16-23-19-11-7-6-8-12-19/h6-8,11-12,17-18H,9-10,13-16H2,1-5H3/t17-,18-,21+/m1/s1. The highest BCUT2D eigenvalue weighted by Crippen LogP contribution is 2.56. The molecule has 2 saturated carbocycles. The lowest BCUT2D eigenvalue weighted by Crippen LogP contribution is -2.50. The number of rotatable bonds is 5. The Hall–Kier alpha value is -0.386. The van der Waals surface area contributed by atoms with Crippen LogP contribution in [0.15, 0.2) is 30.3 Å². The molecule has 3 heteroatoms. The summed E-state index contributed by atoms with van der Waals surface area (Å²) in [6.07, 6.45) is 6.83. The van der Waals surface area contributed by atoms with Crippen LogP contribution in [0.25, 0.3) is 0 Å². The predicted octanol–water partition coefficient (Wildman–Crippen LogP) is 5.41. The molecule has 1 aromatic rings. The van der Waals surface area contributed by atoms with E-state index in [1.807, 2.05) is 0 Å². The van der Waals surface area contributed by atoms with Crippen LogP contribution < -0.4 is 5.19 Å². The maximum Gasteiger partial charge on any atom is 0.192 e. The van der Waals surface area contributed by atoms with E-state index in [0.717, 1.165) is 21.4 Å². The average molecular weight is 359 g/mol. The Labute approximate surface area is 152 Å². The average Bonchev–Trinajstić information content (AvgIpc) is 3.00. The quantitative estimate of drug-likeness (QED) is 0.640. The molecule has 2 radical (unpaired) electrons. The Morgan fingerprint density at radius 2 is 1.92 bits per heavy atom. The second-order valence-electron chi connectivity index (χ2n) is 9.57. The zero-order valence-corrected chi connectivity index (χ0v) is 18.2. The van der Waals surface area contributed by atoms with Gasteiger partial charge in [-0.25, -0.2) is 0 Å². The topological polar surface area (TPSA) is 9.23 Å². The molecule has 3 atom stereocenters. The Morgan fingerprint density at radius 3 is 2.58 bits per heavy atom. The molecule has 2 fully saturated rings. The first kappa shape index (κ1) is 18.4. The van der Waals surface area contributed by atoms with Crippen LogP contribution in [0.5, 0.6) is 0 Å². The number of hydrogen-bond donors (Lipinski definition) is 0. The number of benzene rings is 1. The molecule has 0 bridgehead atoms. The van der Waals surface area contributed by atoms with Gasteiger partial charge in [-0.1, -0.05) is 68.8 Å². The molecular formula is C21H34OSi2. The molecule has 0 saturated heterocycles. The third kappa shape index (κ3) is 3.73. The zero-order valence-electron chi connectivity index (χ0n) is 16.2. The van der Waals surface area contributed by atoms with E-state index in [-0.39, 0.29) is 5.60 Å². The zero-order chi connectivity index (χ0) is 17.4. The van der Waals surface area contributed by atoms with Gasteiger partial charge < -0.3 is 4.43 Å². The SMILES string of the molecule is CC(C)(C)[Si](C)(C)O[C@]12CCC[C@@H]1C[C@@H](C[Si]c1ccccc1)C2. The van der Waals surface area contributed by atoms with Crippen molar-refractivity contribution in [2.24, 2.45) is 11.8 Å². The fourth-order valence-corrected chi connectivity index (χ4v) is 7.44. The smallest absolute Gasteiger partial charge is 0.192 e. The minimum absolute atomic E-state index is 0.231. The summed E-state index contributed by atoms with van der Waals surface area (Å²) in [6, 6.07) is 12.4. The summed E-state index contributed by atoms with van der Waals surface area (Å²) in [7, 11) is -0.717. The van der Waals surface area contributed by atoms with Crippen molar-refractivity contribution in [1.82, 2.24) is 0 Å². The van der Waals surface area contributed by atoms with Crippen LogP contribution in [-0.2, 0) is 4.43 Å². The highest BCUT2D eigenvalue weighted by molar-refractivity contribution is 6.74. The first-order chi connectivity index (χ1) is 11.2. The summed E-state index contributed by atoms with van der Waals surface area (Å²) in [6.45, 7) is 12.0. The van der Waals surface area contributed by atoms with Gasteiger partial charge in [-0.2, -0.15) is 0 Å². The fraction of sp³-hybridized carbons (Fsp3) is 0.714. The molecular weight excluding hydrogens is 324 g/mol. The minimum Gasteiger partial charge on any atom is -0.411 e. The van der Waals surface area contributed by atoms with Gasteiger partial charge >= 0.3 is 0 Å². The van der Waals surface area contributed by atoms with Crippen LogP contribution in [0.3, 0.4) is 0 Å². The third-order valence-electron chi connectivity index (χ3n) is 6.78. The molecule has 0 spiro atoms. The monoisotopic (exact) mass is 358 g/mol. The van der Waals surface area contributed by atoms with Crippen LogP contribution in [0.2, 0.25) is 24.2 Å². The summed E-state index contributed by atoms with van der Waals surface area (Å²) in [4.78, 5) is 0. The van der Waals surface area contributed by atoms with E-state index in [9.17, 15) is 0 Å². The summed E-state index contributed by atoms with van der Waals surface area (Å²) in [5.74, 6) is 1.70. The number of hydrogen-bond acceptors (Lipinski definition) is 1. The molecule has 24 heavy (non-hydrogen) atoms. The maximum atomic E-state index is 7.10. The Balaban J connectivity index is 1.65. The summed E-state index contributed by atoms with van der Waals surface area (Å²) < 4.78 is 7.10. The van der Waals surface area contributed by atoms with E-state index in [1.165, 1.54) is 43.3 Å². The molecule has 3 rings (SSSR count). The molecule has 1 nitrogen and oxygen atoms in total. The third-order valence-corrected chi connectivity index (χ3v) is 12.8. The lowest BCUT2D eigenvalue weighted by atomic mass is 9.95. The Morgan fingerprint density at radius 1 is 1.21 bits per heavy atom. The molecule has 0 heterocycles. The van der Waals surface area contributed by atoms with Gasteiger partial charge in [0.05, 0.1) is 15.1 Å². The van der Waals surface area contributed by atoms with E-state index in [1.54, 1.807) is 0 Å². The van der Waals surface area contributed by atoms with Gasteiger partial charge in [0.2, 0.25) is 0 Å². The Bertz CT molecular complexity index is 549. The lowest BCUT2D eigenvalue weighted by molar-refractivity contribution is 0.0340. The highest BCUT2D eigenvalue weighted by atomic mass is 28.4. The van der Waals surface area contributed by atoms with Gasteiger partial charge in [-0.05, 0) is 55.7 Å². The largest absolute Gasteiger partial charge is 0.411 e. The van der Waals surface area contributed by atoms with Crippen molar-refractivity contribution in [1.29, 1.82) is 0 Å². The summed E-state index contributed by atoms with van der Waals surface area (Å²) >= 11 is 0. The molecule has 0 N–H and O–H groups in total. The molecule has 132 valence electrons. The molecule has 0 aliphatic heterocycles. The van der Waals surface area contributed by atoms with Gasteiger partial charge in [0.1, 0.15) is 0 Å². The van der Waals surface area contributed by atoms with Crippen LogP contribution >= 0.6 is 0 Å². The van der Waals surface area contributed by atoms with Crippen LogP contribution in [0, 0.1) is 11.8 Å². The van der Waals surface area contributed by atoms with Crippen molar-refractivity contribution in [2.45, 2.75) is 82.7 Å². The van der Waals surface area contributed by atoms with Gasteiger partial charge in [0.25, 0.3) is 0 Å². The molecule has 0 unspecified atom stereocenters. The fourth-order valence-electron chi connectivity index (χ4n) is 4.50. The van der Waals surface area contributed by atoms with Gasteiger partial charge in [0, 0.05) is 0 Å². The van der Waals surface area contributed by atoms with Crippen LogP contribution in [0.4, 0.5) is 0 Å². The Kier molecular flexibility index (Phi) is 5.16. The van der Waals surface area contributed by atoms with Crippen molar-refractivity contribution in [3.63, 3.8) is 0 Å². The van der Waals surface area contributed by atoms with Gasteiger partial charge in [-0.3, -0.25) is 0 Å². The minimum atomic E-state index is -1.68. The van der Waals surface area contributed by atoms with Crippen molar-refractivity contribution in [2.75, 3.05) is 0 Å².